The molecule has 1 aromatic heterocycles. The zero-order valence-corrected chi connectivity index (χ0v) is 19.8. The Morgan fingerprint density at radius 1 is 1.16 bits per heavy atom. The number of sulfonamides is 1. The van der Waals surface area contributed by atoms with E-state index >= 15 is 0 Å². The summed E-state index contributed by atoms with van der Waals surface area (Å²) < 4.78 is 33.4. The minimum Gasteiger partial charge on any atom is -0.497 e. The van der Waals surface area contributed by atoms with Crippen molar-refractivity contribution in [2.75, 3.05) is 19.4 Å². The highest BCUT2D eigenvalue weighted by Gasteiger charge is 2.41. The average Bonchev–Trinajstić information content (AvgIpc) is 3.20. The van der Waals surface area contributed by atoms with Gasteiger partial charge in [-0.2, -0.15) is 4.31 Å². The van der Waals surface area contributed by atoms with Crippen LogP contribution in [-0.2, 0) is 21.2 Å². The molecule has 1 aliphatic rings. The van der Waals surface area contributed by atoms with Crippen LogP contribution in [0.15, 0.2) is 75.8 Å². The van der Waals surface area contributed by atoms with E-state index in [0.717, 1.165) is 15.3 Å². The van der Waals surface area contributed by atoms with Crippen molar-refractivity contribution in [3.63, 3.8) is 0 Å². The van der Waals surface area contributed by atoms with E-state index in [1.165, 1.54) is 34.9 Å². The first kappa shape index (κ1) is 22.8. The largest absolute Gasteiger partial charge is 0.497 e. The first-order valence-corrected chi connectivity index (χ1v) is 13.3. The van der Waals surface area contributed by atoms with Crippen LogP contribution < -0.4 is 4.74 Å². The van der Waals surface area contributed by atoms with Gasteiger partial charge in [0.25, 0.3) is 0 Å². The van der Waals surface area contributed by atoms with Crippen molar-refractivity contribution in [1.82, 2.24) is 4.31 Å². The van der Waals surface area contributed by atoms with Gasteiger partial charge in [-0.1, -0.05) is 18.2 Å². The Morgan fingerprint density at radius 2 is 1.88 bits per heavy atom. The number of carboxylic acids is 1. The third-order valence-corrected chi connectivity index (χ3v) is 9.51. The van der Waals surface area contributed by atoms with Crippen LogP contribution >= 0.6 is 23.1 Å². The third-order valence-electron chi connectivity index (χ3n) is 5.49. The Morgan fingerprint density at radius 3 is 2.53 bits per heavy atom. The average molecular weight is 490 g/mol. The van der Waals surface area contributed by atoms with Crippen molar-refractivity contribution in [1.29, 1.82) is 0 Å². The zero-order chi connectivity index (χ0) is 22.7. The van der Waals surface area contributed by atoms with Crippen molar-refractivity contribution < 1.29 is 23.1 Å². The van der Waals surface area contributed by atoms with Gasteiger partial charge in [0, 0.05) is 34.4 Å². The van der Waals surface area contributed by atoms with Gasteiger partial charge in [0.1, 0.15) is 11.8 Å². The van der Waals surface area contributed by atoms with E-state index in [9.17, 15) is 18.3 Å². The number of rotatable bonds is 7. The van der Waals surface area contributed by atoms with Crippen LogP contribution in [0.2, 0.25) is 0 Å². The fourth-order valence-electron chi connectivity index (χ4n) is 3.82. The summed E-state index contributed by atoms with van der Waals surface area (Å²) in [6.45, 7) is 0.106. The van der Waals surface area contributed by atoms with Crippen LogP contribution in [-0.4, -0.2) is 49.2 Å². The van der Waals surface area contributed by atoms with Crippen molar-refractivity contribution in [3.8, 4) is 5.75 Å². The van der Waals surface area contributed by atoms with Gasteiger partial charge >= 0.3 is 5.97 Å². The van der Waals surface area contributed by atoms with Gasteiger partial charge in [0.05, 0.1) is 12.0 Å². The van der Waals surface area contributed by atoms with Gasteiger partial charge in [-0.15, -0.1) is 23.1 Å². The molecule has 9 heteroatoms. The fourth-order valence-corrected chi connectivity index (χ4v) is 7.47. The molecule has 2 atom stereocenters. The molecule has 4 rings (SSSR count). The first-order valence-electron chi connectivity index (χ1n) is 10.0. The lowest BCUT2D eigenvalue weighted by Crippen LogP contribution is -2.46. The van der Waals surface area contributed by atoms with Crippen LogP contribution in [0.1, 0.15) is 16.4 Å². The molecule has 0 fully saturated rings. The molecule has 2 unspecified atom stereocenters. The summed E-state index contributed by atoms with van der Waals surface area (Å²) in [4.78, 5) is 14.3. The van der Waals surface area contributed by atoms with E-state index in [0.29, 0.717) is 11.5 Å². The molecular formula is C23H23NO5S3. The molecule has 0 saturated carbocycles. The normalized spacial score (nSPS) is 19.2. The predicted molar refractivity (Wildman–Crippen MR) is 126 cm³/mol. The molecule has 2 heterocycles. The molecule has 6 nitrogen and oxygen atoms in total. The van der Waals surface area contributed by atoms with Gasteiger partial charge in [-0.3, -0.25) is 4.79 Å². The van der Waals surface area contributed by atoms with Crippen LogP contribution in [0.4, 0.5) is 0 Å². The van der Waals surface area contributed by atoms with E-state index in [-0.39, 0.29) is 23.8 Å². The zero-order valence-electron chi connectivity index (χ0n) is 17.4. The number of methoxy groups -OCH3 is 1. The molecule has 168 valence electrons. The highest BCUT2D eigenvalue weighted by molar-refractivity contribution is 7.99. The van der Waals surface area contributed by atoms with Crippen molar-refractivity contribution in [2.45, 2.75) is 28.2 Å². The number of carbonyl (C=O) groups is 1. The summed E-state index contributed by atoms with van der Waals surface area (Å²) in [5, 5.41) is 11.9. The number of ether oxygens (including phenoxy) is 1. The number of nitrogens with zero attached hydrogens (tertiary/aromatic N) is 1. The number of benzene rings is 2. The molecule has 0 radical (unpaired) electrons. The number of aliphatic carboxylic acids is 1. The standard InChI is InChI=1S/C23H23NO5S3/c1-29-17-7-9-19(10-8-17)32(27,28)24-14-16(15-31-18-5-3-2-4-6-18)20-11-12-30-22(20)13-21(24)23(25)26/h2-12,16,21H,13-15H2,1H3,(H,25,26). The number of fused-ring (bicyclic) bond motifs is 1. The molecule has 2 aromatic carbocycles. The second-order valence-electron chi connectivity index (χ2n) is 7.43. The Labute approximate surface area is 195 Å². The lowest BCUT2D eigenvalue weighted by molar-refractivity contribution is -0.141. The molecule has 0 saturated heterocycles. The molecular weight excluding hydrogens is 466 g/mol. The summed E-state index contributed by atoms with van der Waals surface area (Å²) in [6, 6.07) is 16.8. The maximum Gasteiger partial charge on any atom is 0.322 e. The second kappa shape index (κ2) is 9.66. The molecule has 3 aromatic rings. The summed E-state index contributed by atoms with van der Waals surface area (Å²) in [7, 11) is -2.52. The number of thioether (sulfide) groups is 1. The Balaban J connectivity index is 1.69. The van der Waals surface area contributed by atoms with Crippen LogP contribution in [0.25, 0.3) is 0 Å². The number of carboxylic acid groups (broad SMARTS) is 1. The van der Waals surface area contributed by atoms with Gasteiger partial charge in [-0.25, -0.2) is 8.42 Å². The molecule has 0 amide bonds. The molecule has 0 bridgehead atoms. The maximum absolute atomic E-state index is 13.6. The van der Waals surface area contributed by atoms with Crippen molar-refractivity contribution in [2.24, 2.45) is 0 Å². The highest BCUT2D eigenvalue weighted by Crippen LogP contribution is 2.37. The predicted octanol–water partition coefficient (Wildman–Crippen LogP) is 4.33. The molecule has 32 heavy (non-hydrogen) atoms. The first-order chi connectivity index (χ1) is 15.4. The molecule has 0 aliphatic carbocycles. The summed E-state index contributed by atoms with van der Waals surface area (Å²) in [5.74, 6) is -0.0834. The Kier molecular flexibility index (Phi) is 6.90. The lowest BCUT2D eigenvalue weighted by atomic mass is 10.0. The van der Waals surface area contributed by atoms with Crippen LogP contribution in [0.3, 0.4) is 0 Å². The minimum absolute atomic E-state index is 0.0595. The second-order valence-corrected chi connectivity index (χ2v) is 11.4. The Bertz CT molecular complexity index is 1180. The highest BCUT2D eigenvalue weighted by atomic mass is 32.2. The topological polar surface area (TPSA) is 83.9 Å². The fraction of sp³-hybridized carbons (Fsp3) is 0.261. The Hall–Kier alpha value is -2.33. The van der Waals surface area contributed by atoms with Crippen LogP contribution in [0.5, 0.6) is 5.75 Å². The molecule has 1 aliphatic heterocycles. The SMILES string of the molecule is COc1ccc(S(=O)(=O)N2CC(CSc3ccccc3)c3ccsc3CC2C(=O)O)cc1. The van der Waals surface area contributed by atoms with Gasteiger partial charge in [0.15, 0.2) is 0 Å². The van der Waals surface area contributed by atoms with Gasteiger partial charge in [0.2, 0.25) is 10.0 Å². The minimum atomic E-state index is -4.02. The van der Waals surface area contributed by atoms with E-state index in [1.807, 2.05) is 41.8 Å². The van der Waals surface area contributed by atoms with Crippen molar-refractivity contribution >= 4 is 39.1 Å². The van der Waals surface area contributed by atoms with E-state index in [2.05, 4.69) is 0 Å². The third kappa shape index (κ3) is 4.71. The quantitative estimate of drug-likeness (QED) is 0.497. The van der Waals surface area contributed by atoms with Gasteiger partial charge < -0.3 is 9.84 Å². The number of thiophene rings is 1. The van der Waals surface area contributed by atoms with Gasteiger partial charge in [-0.05, 0) is 53.4 Å². The number of hydrogen-bond acceptors (Lipinski definition) is 6. The lowest BCUT2D eigenvalue weighted by Gasteiger charge is -2.28. The smallest absolute Gasteiger partial charge is 0.322 e. The van der Waals surface area contributed by atoms with Crippen LogP contribution in [0, 0.1) is 0 Å². The van der Waals surface area contributed by atoms with E-state index < -0.39 is 22.0 Å². The molecule has 0 spiro atoms. The maximum atomic E-state index is 13.6. The van der Waals surface area contributed by atoms with Crippen molar-refractivity contribution in [3.05, 3.63) is 76.5 Å². The summed E-state index contributed by atoms with van der Waals surface area (Å²) in [5.41, 5.74) is 1.04. The summed E-state index contributed by atoms with van der Waals surface area (Å²) in [6.07, 6.45) is 0.157. The number of hydrogen-bond donors (Lipinski definition) is 1. The van der Waals surface area contributed by atoms with E-state index in [1.54, 1.807) is 23.9 Å². The molecule has 1 N–H and O–H groups in total. The van der Waals surface area contributed by atoms with E-state index in [4.69, 9.17) is 4.74 Å². The summed E-state index contributed by atoms with van der Waals surface area (Å²) >= 11 is 3.13. The monoisotopic (exact) mass is 489 g/mol.